The number of likely N-dealkylation sites (tertiary alicyclic amines) is 1. The van der Waals surface area contributed by atoms with Crippen molar-refractivity contribution in [3.05, 3.63) is 82.3 Å². The number of aliphatic hydroxyl groups excluding tert-OH is 1. The maximum Gasteiger partial charge on any atom is 0.266 e. The zero-order valence-corrected chi connectivity index (χ0v) is 19.5. The van der Waals surface area contributed by atoms with Crippen molar-refractivity contribution >= 4 is 34.1 Å². The van der Waals surface area contributed by atoms with Gasteiger partial charge in [-0.15, -0.1) is 11.3 Å². The molecule has 0 saturated carbocycles. The van der Waals surface area contributed by atoms with E-state index >= 15 is 0 Å². The molecule has 0 bridgehead atoms. The third kappa shape index (κ3) is 4.18. The van der Waals surface area contributed by atoms with Crippen LogP contribution >= 0.6 is 11.3 Å². The van der Waals surface area contributed by atoms with Crippen LogP contribution in [0.3, 0.4) is 0 Å². The number of hydrogen-bond donors (Lipinski definition) is 2. The topological polar surface area (TPSA) is 95.4 Å². The number of amides is 2. The molecule has 2 aromatic carbocycles. The van der Waals surface area contributed by atoms with E-state index in [2.05, 4.69) is 15.3 Å². The Morgan fingerprint density at radius 2 is 1.91 bits per heavy atom. The Morgan fingerprint density at radius 1 is 1.12 bits per heavy atom. The molecule has 1 saturated heterocycles. The summed E-state index contributed by atoms with van der Waals surface area (Å²) in [6.07, 6.45) is 1.39. The van der Waals surface area contributed by atoms with Crippen molar-refractivity contribution in [2.24, 2.45) is 0 Å². The summed E-state index contributed by atoms with van der Waals surface area (Å²) in [6.45, 7) is 2.44. The average Bonchev–Trinajstić information content (AvgIpc) is 3.44. The highest BCUT2D eigenvalue weighted by Gasteiger charge is 2.38. The molecule has 2 atom stereocenters. The second-order valence-corrected chi connectivity index (χ2v) is 9.49. The van der Waals surface area contributed by atoms with Gasteiger partial charge < -0.3 is 15.3 Å². The number of fused-ring (bicyclic) bond motifs is 1. The molecule has 172 valence electrons. The molecule has 34 heavy (non-hydrogen) atoms. The average molecular weight is 473 g/mol. The Kier molecular flexibility index (Phi) is 6.08. The van der Waals surface area contributed by atoms with Crippen LogP contribution in [-0.2, 0) is 0 Å². The van der Waals surface area contributed by atoms with Crippen molar-refractivity contribution in [2.45, 2.75) is 25.5 Å². The normalized spacial score (nSPS) is 17.8. The molecule has 4 aromatic rings. The van der Waals surface area contributed by atoms with Crippen molar-refractivity contribution in [3.63, 3.8) is 0 Å². The second kappa shape index (κ2) is 9.32. The second-order valence-electron chi connectivity index (χ2n) is 8.29. The summed E-state index contributed by atoms with van der Waals surface area (Å²) >= 11 is 1.35. The summed E-state index contributed by atoms with van der Waals surface area (Å²) in [5.74, 6) is -0.457. The van der Waals surface area contributed by atoms with Crippen LogP contribution in [-0.4, -0.2) is 57.0 Å². The summed E-state index contributed by atoms with van der Waals surface area (Å²) < 4.78 is 0. The first-order valence-corrected chi connectivity index (χ1v) is 12.0. The standard InChI is InChI=1S/C26H24N4O3S/c1-16-29-23(18-7-3-2-4-8-18)24(34-16)26(33)30-14-12-21(31)20(30)15-28-25(32)19-11-5-9-17-10-6-13-27-22(17)19/h2-11,13,20-21,31H,12,14-15H2,1H3,(H,28,32)/t20-,21+/m1/s1. The number of thiazole rings is 1. The van der Waals surface area contributed by atoms with Crippen LogP contribution in [0.4, 0.5) is 0 Å². The third-order valence-electron chi connectivity index (χ3n) is 6.10. The number of nitrogens with one attached hydrogen (secondary N) is 1. The first-order chi connectivity index (χ1) is 16.5. The lowest BCUT2D eigenvalue weighted by molar-refractivity contribution is 0.0631. The van der Waals surface area contributed by atoms with Gasteiger partial charge in [0.15, 0.2) is 0 Å². The van der Waals surface area contributed by atoms with Gasteiger partial charge in [-0.05, 0) is 25.5 Å². The van der Waals surface area contributed by atoms with Crippen LogP contribution in [0.2, 0.25) is 0 Å². The molecule has 7 nitrogen and oxygen atoms in total. The van der Waals surface area contributed by atoms with Crippen molar-refractivity contribution in [1.29, 1.82) is 0 Å². The van der Waals surface area contributed by atoms with E-state index in [0.29, 0.717) is 34.6 Å². The van der Waals surface area contributed by atoms with Crippen LogP contribution in [0.25, 0.3) is 22.2 Å². The molecule has 2 amide bonds. The van der Waals surface area contributed by atoms with Gasteiger partial charge in [-0.2, -0.15) is 0 Å². The molecule has 0 unspecified atom stereocenters. The van der Waals surface area contributed by atoms with E-state index in [-0.39, 0.29) is 18.4 Å². The number of benzene rings is 2. The zero-order valence-electron chi connectivity index (χ0n) is 18.6. The fourth-order valence-electron chi connectivity index (χ4n) is 4.41. The lowest BCUT2D eigenvalue weighted by Gasteiger charge is -2.26. The molecule has 2 aromatic heterocycles. The Labute approximate surface area is 201 Å². The Bertz CT molecular complexity index is 1350. The molecule has 1 fully saturated rings. The number of para-hydroxylation sites is 1. The number of aliphatic hydroxyl groups is 1. The van der Waals surface area contributed by atoms with Crippen molar-refractivity contribution in [2.75, 3.05) is 13.1 Å². The molecule has 1 aliphatic rings. The van der Waals surface area contributed by atoms with Crippen LogP contribution in [0.5, 0.6) is 0 Å². The molecule has 5 rings (SSSR count). The highest BCUT2D eigenvalue weighted by atomic mass is 32.1. The Hall–Kier alpha value is -3.62. The number of carbonyl (C=O) groups excluding carboxylic acids is 2. The quantitative estimate of drug-likeness (QED) is 0.462. The van der Waals surface area contributed by atoms with Gasteiger partial charge in [-0.3, -0.25) is 14.6 Å². The van der Waals surface area contributed by atoms with E-state index in [9.17, 15) is 14.7 Å². The molecule has 1 aliphatic heterocycles. The number of aryl methyl sites for hydroxylation is 1. The Morgan fingerprint density at radius 3 is 2.74 bits per heavy atom. The fourth-order valence-corrected chi connectivity index (χ4v) is 5.31. The minimum atomic E-state index is -0.718. The first-order valence-electron chi connectivity index (χ1n) is 11.2. The Balaban J connectivity index is 1.36. The van der Waals surface area contributed by atoms with Crippen LogP contribution in [0.15, 0.2) is 66.9 Å². The fraction of sp³-hybridized carbons (Fsp3) is 0.231. The van der Waals surface area contributed by atoms with E-state index in [1.54, 1.807) is 17.2 Å². The number of hydrogen-bond acceptors (Lipinski definition) is 6. The minimum Gasteiger partial charge on any atom is -0.391 e. The lowest BCUT2D eigenvalue weighted by atomic mass is 10.1. The summed E-state index contributed by atoms with van der Waals surface area (Å²) in [5, 5.41) is 15.2. The molecule has 2 N–H and O–H groups in total. The zero-order chi connectivity index (χ0) is 23.7. The molecule has 0 spiro atoms. The minimum absolute atomic E-state index is 0.146. The van der Waals surface area contributed by atoms with E-state index in [1.807, 2.05) is 61.5 Å². The largest absolute Gasteiger partial charge is 0.391 e. The van der Waals surface area contributed by atoms with Crippen LogP contribution in [0, 0.1) is 6.92 Å². The number of nitrogens with zero attached hydrogens (tertiary/aromatic N) is 3. The third-order valence-corrected chi connectivity index (χ3v) is 7.05. The van der Waals surface area contributed by atoms with Gasteiger partial charge >= 0.3 is 0 Å². The van der Waals surface area contributed by atoms with E-state index in [4.69, 9.17) is 0 Å². The van der Waals surface area contributed by atoms with E-state index < -0.39 is 12.1 Å². The monoisotopic (exact) mass is 472 g/mol. The van der Waals surface area contributed by atoms with Gasteiger partial charge in [0.1, 0.15) is 4.88 Å². The van der Waals surface area contributed by atoms with Gasteiger partial charge in [0.05, 0.1) is 33.9 Å². The molecule has 3 heterocycles. The summed E-state index contributed by atoms with van der Waals surface area (Å²) in [7, 11) is 0. The number of pyridine rings is 1. The predicted octanol–water partition coefficient (Wildman–Crippen LogP) is 3.67. The lowest BCUT2D eigenvalue weighted by Crippen LogP contribution is -2.47. The molecule has 0 aliphatic carbocycles. The molecule has 0 radical (unpaired) electrons. The van der Waals surface area contributed by atoms with Crippen LogP contribution < -0.4 is 5.32 Å². The van der Waals surface area contributed by atoms with Gasteiger partial charge in [-0.25, -0.2) is 4.98 Å². The van der Waals surface area contributed by atoms with Crippen molar-refractivity contribution < 1.29 is 14.7 Å². The van der Waals surface area contributed by atoms with Gasteiger partial charge in [0.25, 0.3) is 11.8 Å². The van der Waals surface area contributed by atoms with Crippen molar-refractivity contribution in [1.82, 2.24) is 20.2 Å². The van der Waals surface area contributed by atoms with Gasteiger partial charge in [0.2, 0.25) is 0 Å². The summed E-state index contributed by atoms with van der Waals surface area (Å²) in [6, 6.07) is 18.3. The number of rotatable bonds is 5. The van der Waals surface area contributed by atoms with Gasteiger partial charge in [-0.1, -0.05) is 48.5 Å². The van der Waals surface area contributed by atoms with E-state index in [0.717, 1.165) is 16.0 Å². The number of aromatic nitrogens is 2. The van der Waals surface area contributed by atoms with E-state index in [1.165, 1.54) is 11.3 Å². The highest BCUT2D eigenvalue weighted by molar-refractivity contribution is 7.14. The molecular formula is C26H24N4O3S. The SMILES string of the molecule is Cc1nc(-c2ccccc2)c(C(=O)N2CC[C@H](O)[C@H]2CNC(=O)c2cccc3cccnc23)s1. The maximum absolute atomic E-state index is 13.6. The maximum atomic E-state index is 13.6. The molecule has 8 heteroatoms. The molecular weight excluding hydrogens is 448 g/mol. The summed E-state index contributed by atoms with van der Waals surface area (Å²) in [5.41, 5.74) is 2.62. The van der Waals surface area contributed by atoms with Crippen LogP contribution in [0.1, 0.15) is 31.5 Å². The summed E-state index contributed by atoms with van der Waals surface area (Å²) in [4.78, 5) is 37.7. The predicted molar refractivity (Wildman–Crippen MR) is 132 cm³/mol. The van der Waals surface area contributed by atoms with Crippen molar-refractivity contribution in [3.8, 4) is 11.3 Å². The smallest absolute Gasteiger partial charge is 0.266 e. The number of carbonyl (C=O) groups is 2. The van der Waals surface area contributed by atoms with Gasteiger partial charge in [0, 0.05) is 30.2 Å². The first kappa shape index (κ1) is 22.2. The highest BCUT2D eigenvalue weighted by Crippen LogP contribution is 2.31.